The van der Waals surface area contributed by atoms with Crippen molar-refractivity contribution in [3.8, 4) is 0 Å². The summed E-state index contributed by atoms with van der Waals surface area (Å²) in [5, 5.41) is 3.20. The van der Waals surface area contributed by atoms with Crippen LogP contribution in [0.15, 0.2) is 121 Å². The van der Waals surface area contributed by atoms with Crippen molar-refractivity contribution in [1.29, 1.82) is 0 Å². The number of likely N-dealkylation sites (N-methyl/N-ethyl adjacent to an activating group) is 1. The third-order valence-corrected chi connectivity index (χ3v) is 9.53. The molecule has 4 heteroatoms. The molecule has 3 aromatic carbocycles. The molecule has 0 atom stereocenters. The van der Waals surface area contributed by atoms with Crippen molar-refractivity contribution in [2.75, 3.05) is 13.1 Å². The van der Waals surface area contributed by atoms with Crippen LogP contribution in [0.3, 0.4) is 0 Å². The molecule has 0 spiro atoms. The zero-order chi connectivity index (χ0) is 23.0. The van der Waals surface area contributed by atoms with Gasteiger partial charge in [-0.15, -0.1) is 5.73 Å². The third kappa shape index (κ3) is 4.52. The summed E-state index contributed by atoms with van der Waals surface area (Å²) in [5.41, 5.74) is 3.07. The average Bonchev–Trinajstić information content (AvgIpc) is 2.85. The highest BCUT2D eigenvalue weighted by molar-refractivity contribution is 7.07. The van der Waals surface area contributed by atoms with Crippen molar-refractivity contribution in [1.82, 2.24) is 4.90 Å². The molecule has 3 rings (SSSR count). The van der Waals surface area contributed by atoms with E-state index in [0.717, 1.165) is 15.6 Å². The van der Waals surface area contributed by atoms with Gasteiger partial charge in [0.1, 0.15) is 11.3 Å². The minimum atomic E-state index is -3.03. The molecule has 1 amide bonds. The van der Waals surface area contributed by atoms with Crippen LogP contribution >= 0.6 is 0 Å². The van der Waals surface area contributed by atoms with Gasteiger partial charge in [-0.3, -0.25) is 4.79 Å². The van der Waals surface area contributed by atoms with E-state index in [1.807, 2.05) is 68.4 Å². The van der Waals surface area contributed by atoms with Crippen LogP contribution in [0.1, 0.15) is 13.8 Å². The molecule has 0 N–H and O–H groups in total. The van der Waals surface area contributed by atoms with Crippen molar-refractivity contribution in [3.05, 3.63) is 121 Å². The number of benzene rings is 3. The zero-order valence-electron chi connectivity index (χ0n) is 18.8. The van der Waals surface area contributed by atoms with E-state index in [0.29, 0.717) is 18.8 Å². The van der Waals surface area contributed by atoms with Gasteiger partial charge in [-0.2, -0.15) is 0 Å². The first-order valence-corrected chi connectivity index (χ1v) is 12.7. The Morgan fingerprint density at radius 1 is 0.812 bits per heavy atom. The Morgan fingerprint density at radius 3 is 1.50 bits per heavy atom. The van der Waals surface area contributed by atoms with Gasteiger partial charge in [0, 0.05) is 13.1 Å². The molecule has 0 aliphatic rings. The van der Waals surface area contributed by atoms with Crippen molar-refractivity contribution < 1.29 is 9.22 Å². The molecule has 32 heavy (non-hydrogen) atoms. The fourth-order valence-electron chi connectivity index (χ4n) is 3.89. The van der Waals surface area contributed by atoms with Gasteiger partial charge >= 0.3 is 8.32 Å². The normalized spacial score (nSPS) is 10.7. The smallest absolute Gasteiger partial charge is 0.346 e. The highest BCUT2D eigenvalue weighted by Crippen LogP contribution is 2.19. The molecule has 0 saturated heterocycles. The molecular formula is C28H29NO2Si. The first kappa shape index (κ1) is 23.1. The van der Waals surface area contributed by atoms with E-state index < -0.39 is 8.32 Å². The monoisotopic (exact) mass is 439 g/mol. The van der Waals surface area contributed by atoms with E-state index >= 15 is 0 Å². The molecule has 0 aromatic heterocycles. The van der Waals surface area contributed by atoms with Gasteiger partial charge in [0.15, 0.2) is 0 Å². The van der Waals surface area contributed by atoms with Crippen LogP contribution in [-0.2, 0) is 9.22 Å². The van der Waals surface area contributed by atoms with Gasteiger partial charge in [0.05, 0.1) is 0 Å². The predicted molar refractivity (Wildman–Crippen MR) is 135 cm³/mol. The molecule has 3 aromatic rings. The number of hydrogen-bond acceptors (Lipinski definition) is 2. The van der Waals surface area contributed by atoms with Crippen LogP contribution in [0.25, 0.3) is 0 Å². The predicted octanol–water partition coefficient (Wildman–Crippen LogP) is 3.76. The Morgan fingerprint density at radius 2 is 1.19 bits per heavy atom. The summed E-state index contributed by atoms with van der Waals surface area (Å²) >= 11 is 0. The number of rotatable bonds is 9. The van der Waals surface area contributed by atoms with Gasteiger partial charge < -0.3 is 9.33 Å². The Bertz CT molecular complexity index is 1000. The summed E-state index contributed by atoms with van der Waals surface area (Å²) < 4.78 is 6.87. The third-order valence-electron chi connectivity index (χ3n) is 5.54. The molecule has 0 aliphatic heterocycles. The first-order chi connectivity index (χ1) is 15.6. The van der Waals surface area contributed by atoms with Crippen LogP contribution in [0.2, 0.25) is 0 Å². The van der Waals surface area contributed by atoms with Crippen LogP contribution in [0.4, 0.5) is 0 Å². The van der Waals surface area contributed by atoms with Crippen LogP contribution in [0.5, 0.6) is 0 Å². The van der Waals surface area contributed by atoms with Gasteiger partial charge in [-0.25, -0.2) is 0 Å². The molecule has 3 nitrogen and oxygen atoms in total. The molecular weight excluding hydrogens is 410 g/mol. The lowest BCUT2D eigenvalue weighted by molar-refractivity contribution is -0.126. The fraction of sp³-hybridized carbons (Fsp3) is 0.143. The molecule has 0 fully saturated rings. The zero-order valence-corrected chi connectivity index (χ0v) is 19.8. The molecule has 0 aliphatic carbocycles. The minimum absolute atomic E-state index is 0.174. The van der Waals surface area contributed by atoms with Crippen LogP contribution in [-0.4, -0.2) is 32.2 Å². The summed E-state index contributed by atoms with van der Waals surface area (Å²) in [7, 11) is -3.03. The number of nitrogens with zero attached hydrogens (tertiary/aromatic N) is 1. The lowest BCUT2D eigenvalue weighted by Crippen LogP contribution is -2.69. The Balaban J connectivity index is 2.20. The SMILES string of the molecule is C=C=C(C(=C)O[Si](c1ccccc1)(c1ccccc1)c1ccccc1)C(=O)N(CC)CC. The average molecular weight is 440 g/mol. The number of carbonyl (C=O) groups excluding carboxylic acids is 1. The minimum Gasteiger partial charge on any atom is -0.530 e. The first-order valence-electron chi connectivity index (χ1n) is 10.8. The van der Waals surface area contributed by atoms with Crippen molar-refractivity contribution in [3.63, 3.8) is 0 Å². The maximum Gasteiger partial charge on any atom is 0.346 e. The number of hydrogen-bond donors (Lipinski definition) is 0. The summed E-state index contributed by atoms with van der Waals surface area (Å²) in [5.74, 6) is 0.118. The topological polar surface area (TPSA) is 29.5 Å². The lowest BCUT2D eigenvalue weighted by Gasteiger charge is -2.34. The number of carbonyl (C=O) groups is 1. The largest absolute Gasteiger partial charge is 0.530 e. The highest BCUT2D eigenvalue weighted by atomic mass is 28.4. The molecule has 0 unspecified atom stereocenters. The van der Waals surface area contributed by atoms with Gasteiger partial charge in [0.2, 0.25) is 0 Å². The second-order valence-corrected chi connectivity index (χ2v) is 10.6. The molecule has 162 valence electrons. The second kappa shape index (κ2) is 10.6. The number of amides is 1. The van der Waals surface area contributed by atoms with Gasteiger partial charge in [-0.05, 0) is 29.4 Å². The van der Waals surface area contributed by atoms with Gasteiger partial charge in [0.25, 0.3) is 5.91 Å². The standard InChI is InChI=1S/C28H29NO2Si/c1-5-27(28(30)29(6-2)7-3)23(4)31-32(24-17-11-8-12-18-24,25-19-13-9-14-20-25)26-21-15-10-16-22-26/h8-22H,1,4,6-7H2,2-3H3. The van der Waals surface area contributed by atoms with E-state index in [1.54, 1.807) is 4.90 Å². The molecule has 0 heterocycles. The maximum absolute atomic E-state index is 13.1. The van der Waals surface area contributed by atoms with Crippen molar-refractivity contribution in [2.24, 2.45) is 0 Å². The Labute approximate surface area is 192 Å². The van der Waals surface area contributed by atoms with E-state index in [-0.39, 0.29) is 11.5 Å². The fourth-order valence-corrected chi connectivity index (χ4v) is 7.70. The second-order valence-electron chi connectivity index (χ2n) is 7.33. The van der Waals surface area contributed by atoms with E-state index in [1.165, 1.54) is 0 Å². The van der Waals surface area contributed by atoms with E-state index in [9.17, 15) is 4.79 Å². The summed E-state index contributed by atoms with van der Waals surface area (Å²) in [4.78, 5) is 14.9. The summed E-state index contributed by atoms with van der Waals surface area (Å²) in [6.07, 6.45) is 0. The van der Waals surface area contributed by atoms with Crippen molar-refractivity contribution in [2.45, 2.75) is 13.8 Å². The summed E-state index contributed by atoms with van der Waals surface area (Å²) in [6, 6.07) is 30.6. The van der Waals surface area contributed by atoms with Crippen LogP contribution < -0.4 is 15.6 Å². The summed E-state index contributed by atoms with van der Waals surface area (Å²) in [6.45, 7) is 13.0. The van der Waals surface area contributed by atoms with Gasteiger partial charge in [-0.1, -0.05) is 104 Å². The lowest BCUT2D eigenvalue weighted by atomic mass is 10.2. The Kier molecular flexibility index (Phi) is 7.66. The quantitative estimate of drug-likeness (QED) is 0.127. The van der Waals surface area contributed by atoms with Crippen molar-refractivity contribution >= 4 is 29.8 Å². The molecule has 0 bridgehead atoms. The molecule has 0 saturated carbocycles. The highest BCUT2D eigenvalue weighted by Gasteiger charge is 2.44. The van der Waals surface area contributed by atoms with E-state index in [4.69, 9.17) is 4.43 Å². The van der Waals surface area contributed by atoms with E-state index in [2.05, 4.69) is 55.3 Å². The maximum atomic E-state index is 13.1. The molecule has 0 radical (unpaired) electrons. The van der Waals surface area contributed by atoms with Crippen LogP contribution in [0, 0.1) is 0 Å². The Hall–Kier alpha value is -3.59.